The average molecular weight is 273 g/mol. The van der Waals surface area contributed by atoms with Gasteiger partial charge in [-0.3, -0.25) is 0 Å². The highest BCUT2D eigenvalue weighted by molar-refractivity contribution is 5.95. The topological polar surface area (TPSA) is 51.5 Å². The number of benzene rings is 1. The van der Waals surface area contributed by atoms with Crippen molar-refractivity contribution in [2.75, 3.05) is 0 Å². The molecule has 1 aromatic heterocycles. The lowest BCUT2D eigenvalue weighted by Gasteiger charge is -2.09. The van der Waals surface area contributed by atoms with E-state index in [-0.39, 0.29) is 11.4 Å². The molecule has 0 amide bonds. The molecule has 1 aromatic carbocycles. The number of aromatic nitrogens is 1. The molecule has 0 saturated heterocycles. The highest BCUT2D eigenvalue weighted by atomic mass is 19.4. The summed E-state index contributed by atoms with van der Waals surface area (Å²) in [6.07, 6.45) is -4.77. The third-order valence-electron chi connectivity index (χ3n) is 2.64. The van der Waals surface area contributed by atoms with Gasteiger partial charge in [0.05, 0.1) is 0 Å². The molecule has 1 heterocycles. The number of ether oxygens (including phenoxy) is 1. The Hall–Kier alpha value is -2.18. The second kappa shape index (κ2) is 4.49. The van der Waals surface area contributed by atoms with Crippen molar-refractivity contribution >= 4 is 16.9 Å². The number of carboxylic acids is 1. The molecule has 0 spiro atoms. The summed E-state index contributed by atoms with van der Waals surface area (Å²) in [5.74, 6) is -1.50. The van der Waals surface area contributed by atoms with Gasteiger partial charge in [-0.15, -0.1) is 13.2 Å². The number of rotatable bonds is 3. The number of nitrogens with zero attached hydrogens (tertiary/aromatic N) is 1. The van der Waals surface area contributed by atoms with E-state index in [1.165, 1.54) is 22.8 Å². The fourth-order valence-electron chi connectivity index (χ4n) is 1.96. The molecule has 0 aliphatic carbocycles. The summed E-state index contributed by atoms with van der Waals surface area (Å²) >= 11 is 0. The zero-order chi connectivity index (χ0) is 14.2. The van der Waals surface area contributed by atoms with Crippen molar-refractivity contribution in [3.8, 4) is 5.75 Å². The Morgan fingerprint density at radius 3 is 2.58 bits per heavy atom. The maximum atomic E-state index is 12.1. The third-order valence-corrected chi connectivity index (χ3v) is 2.64. The van der Waals surface area contributed by atoms with Crippen molar-refractivity contribution in [2.45, 2.75) is 19.8 Å². The molecule has 2 aromatic rings. The van der Waals surface area contributed by atoms with Crippen LogP contribution in [0.3, 0.4) is 0 Å². The molecule has 0 bridgehead atoms. The number of carbonyl (C=O) groups is 1. The van der Waals surface area contributed by atoms with Crippen LogP contribution in [-0.4, -0.2) is 22.0 Å². The Kier molecular flexibility index (Phi) is 3.13. The molecule has 0 aliphatic heterocycles. The van der Waals surface area contributed by atoms with Gasteiger partial charge in [0.2, 0.25) is 0 Å². The number of hydrogen-bond acceptors (Lipinski definition) is 2. The zero-order valence-corrected chi connectivity index (χ0v) is 9.86. The summed E-state index contributed by atoms with van der Waals surface area (Å²) in [6, 6.07) is 5.06. The van der Waals surface area contributed by atoms with E-state index in [0.717, 1.165) is 6.07 Å². The Morgan fingerprint density at radius 2 is 2.05 bits per heavy atom. The largest absolute Gasteiger partial charge is 0.573 e. The Bertz CT molecular complexity index is 631. The quantitative estimate of drug-likeness (QED) is 0.933. The van der Waals surface area contributed by atoms with Gasteiger partial charge in [0, 0.05) is 17.4 Å². The molecule has 7 heteroatoms. The molecule has 0 saturated carbocycles. The molecule has 0 unspecified atom stereocenters. The van der Waals surface area contributed by atoms with E-state index in [2.05, 4.69) is 4.74 Å². The summed E-state index contributed by atoms with van der Waals surface area (Å²) in [5, 5.41) is 9.41. The zero-order valence-electron chi connectivity index (χ0n) is 9.86. The van der Waals surface area contributed by atoms with Gasteiger partial charge in [-0.25, -0.2) is 4.79 Å². The lowest BCUT2D eigenvalue weighted by atomic mass is 10.2. The smallest absolute Gasteiger partial charge is 0.477 e. The van der Waals surface area contributed by atoms with Gasteiger partial charge in [-0.1, -0.05) is 0 Å². The molecular formula is C12H10F3NO3. The molecule has 0 radical (unpaired) electrons. The van der Waals surface area contributed by atoms with Crippen molar-refractivity contribution < 1.29 is 27.8 Å². The SMILES string of the molecule is CCn1c(C(=O)O)cc2cc(OC(F)(F)F)ccc21. The predicted octanol–water partition coefficient (Wildman–Crippen LogP) is 3.26. The lowest BCUT2D eigenvalue weighted by Crippen LogP contribution is -2.16. The second-order valence-electron chi connectivity index (χ2n) is 3.85. The number of halogens is 3. The van der Waals surface area contributed by atoms with E-state index in [1.807, 2.05) is 0 Å². The normalized spacial score (nSPS) is 11.8. The molecule has 4 nitrogen and oxygen atoms in total. The first-order valence-corrected chi connectivity index (χ1v) is 5.44. The molecule has 102 valence electrons. The molecule has 0 fully saturated rings. The highest BCUT2D eigenvalue weighted by Gasteiger charge is 2.31. The van der Waals surface area contributed by atoms with Crippen LogP contribution in [0.5, 0.6) is 5.75 Å². The van der Waals surface area contributed by atoms with Crippen LogP contribution >= 0.6 is 0 Å². The maximum absolute atomic E-state index is 12.1. The number of aromatic carboxylic acids is 1. The number of fused-ring (bicyclic) bond motifs is 1. The molecule has 0 atom stereocenters. The van der Waals surface area contributed by atoms with Crippen molar-refractivity contribution in [2.24, 2.45) is 0 Å². The summed E-state index contributed by atoms with van der Waals surface area (Å²) in [5.41, 5.74) is 0.580. The van der Waals surface area contributed by atoms with Gasteiger partial charge in [0.15, 0.2) is 0 Å². The molecule has 1 N–H and O–H groups in total. The van der Waals surface area contributed by atoms with Crippen molar-refractivity contribution in [3.05, 3.63) is 30.0 Å². The lowest BCUT2D eigenvalue weighted by molar-refractivity contribution is -0.274. The third kappa shape index (κ3) is 2.64. The van der Waals surface area contributed by atoms with Crippen molar-refractivity contribution in [1.82, 2.24) is 4.57 Å². The first-order valence-electron chi connectivity index (χ1n) is 5.44. The van der Waals surface area contributed by atoms with Crippen molar-refractivity contribution in [1.29, 1.82) is 0 Å². The Morgan fingerprint density at radius 1 is 1.37 bits per heavy atom. The first-order chi connectivity index (χ1) is 8.81. The fourth-order valence-corrected chi connectivity index (χ4v) is 1.96. The van der Waals surface area contributed by atoms with Gasteiger partial charge >= 0.3 is 12.3 Å². The Labute approximate surface area is 106 Å². The molecular weight excluding hydrogens is 263 g/mol. The van der Waals surface area contributed by atoms with Crippen LogP contribution in [-0.2, 0) is 6.54 Å². The number of alkyl halides is 3. The van der Waals surface area contributed by atoms with Crippen molar-refractivity contribution in [3.63, 3.8) is 0 Å². The van der Waals surface area contributed by atoms with E-state index in [1.54, 1.807) is 6.92 Å². The summed E-state index contributed by atoms with van der Waals surface area (Å²) in [7, 11) is 0. The van der Waals surface area contributed by atoms with E-state index >= 15 is 0 Å². The minimum atomic E-state index is -4.77. The first kappa shape index (κ1) is 13.3. The van der Waals surface area contributed by atoms with E-state index in [4.69, 9.17) is 5.11 Å². The second-order valence-corrected chi connectivity index (χ2v) is 3.85. The van der Waals surface area contributed by atoms with Crippen LogP contribution in [0.4, 0.5) is 13.2 Å². The average Bonchev–Trinajstić information content (AvgIpc) is 2.64. The van der Waals surface area contributed by atoms with E-state index in [9.17, 15) is 18.0 Å². The van der Waals surface area contributed by atoms with Gasteiger partial charge < -0.3 is 14.4 Å². The van der Waals surface area contributed by atoms with Crippen LogP contribution < -0.4 is 4.74 Å². The van der Waals surface area contributed by atoms with Crippen LogP contribution in [0.15, 0.2) is 24.3 Å². The Balaban J connectivity index is 2.52. The number of carboxylic acid groups (broad SMARTS) is 1. The van der Waals surface area contributed by atoms with Crippen LogP contribution in [0, 0.1) is 0 Å². The van der Waals surface area contributed by atoms with Crippen LogP contribution in [0.2, 0.25) is 0 Å². The van der Waals surface area contributed by atoms with Gasteiger partial charge in [0.1, 0.15) is 11.4 Å². The monoisotopic (exact) mass is 273 g/mol. The minimum Gasteiger partial charge on any atom is -0.477 e. The summed E-state index contributed by atoms with van der Waals surface area (Å²) in [6.45, 7) is 2.16. The summed E-state index contributed by atoms with van der Waals surface area (Å²) in [4.78, 5) is 11.0. The number of hydrogen-bond donors (Lipinski definition) is 1. The van der Waals surface area contributed by atoms with Gasteiger partial charge in [0.25, 0.3) is 0 Å². The maximum Gasteiger partial charge on any atom is 0.573 e. The van der Waals surface area contributed by atoms with Gasteiger partial charge in [-0.05, 0) is 31.2 Å². The standard InChI is InChI=1S/C12H10F3NO3/c1-2-16-9-4-3-8(19-12(13,14)15)5-7(9)6-10(16)11(17)18/h3-6H,2H2,1H3,(H,17,18). The molecule has 19 heavy (non-hydrogen) atoms. The van der Waals surface area contributed by atoms with Crippen LogP contribution in [0.1, 0.15) is 17.4 Å². The highest BCUT2D eigenvalue weighted by Crippen LogP contribution is 2.28. The molecule has 2 rings (SSSR count). The van der Waals surface area contributed by atoms with Crippen LogP contribution in [0.25, 0.3) is 10.9 Å². The number of aryl methyl sites for hydroxylation is 1. The summed E-state index contributed by atoms with van der Waals surface area (Å²) < 4.78 is 41.6. The predicted molar refractivity (Wildman–Crippen MR) is 61.3 cm³/mol. The van der Waals surface area contributed by atoms with Gasteiger partial charge in [-0.2, -0.15) is 0 Å². The van der Waals surface area contributed by atoms with E-state index in [0.29, 0.717) is 17.4 Å². The molecule has 0 aliphatic rings. The fraction of sp³-hybridized carbons (Fsp3) is 0.250. The minimum absolute atomic E-state index is 0.0293. The van der Waals surface area contributed by atoms with E-state index < -0.39 is 12.3 Å².